The molecular weight excluding hydrogens is 240 g/mol. The number of nitrogens with one attached hydrogen (secondary N) is 2. The number of amides is 1. The van der Waals surface area contributed by atoms with Crippen molar-refractivity contribution in [2.75, 3.05) is 26.2 Å². The zero-order valence-electron chi connectivity index (χ0n) is 12.0. The smallest absolute Gasteiger partial charge is 0.224 e. The van der Waals surface area contributed by atoms with E-state index >= 15 is 0 Å². The zero-order chi connectivity index (χ0) is 13.3. The fourth-order valence-corrected chi connectivity index (χ4v) is 2.99. The van der Waals surface area contributed by atoms with Gasteiger partial charge in [0.05, 0.1) is 12.0 Å². The van der Waals surface area contributed by atoms with Crippen molar-refractivity contribution in [3.63, 3.8) is 0 Å². The molecule has 1 saturated carbocycles. The Kier molecular flexibility index (Phi) is 6.65. The average Bonchev–Trinajstić information content (AvgIpc) is 2.49. The highest BCUT2D eigenvalue weighted by molar-refractivity contribution is 5.78. The summed E-state index contributed by atoms with van der Waals surface area (Å²) in [5, 5.41) is 6.31. The molecule has 19 heavy (non-hydrogen) atoms. The Hall–Kier alpha value is -0.610. The molecule has 0 radical (unpaired) electrons. The maximum atomic E-state index is 11.9. The van der Waals surface area contributed by atoms with Crippen molar-refractivity contribution in [3.8, 4) is 0 Å². The van der Waals surface area contributed by atoms with E-state index in [-0.39, 0.29) is 11.8 Å². The van der Waals surface area contributed by atoms with Crippen LogP contribution in [0.15, 0.2) is 0 Å². The van der Waals surface area contributed by atoms with Gasteiger partial charge in [-0.05, 0) is 38.6 Å². The van der Waals surface area contributed by atoms with Crippen molar-refractivity contribution in [1.29, 1.82) is 0 Å². The Morgan fingerprint density at radius 1 is 1.16 bits per heavy atom. The van der Waals surface area contributed by atoms with Crippen LogP contribution in [0.1, 0.15) is 51.4 Å². The SMILES string of the molecule is O=C(NCCCOC1CCCCC1)[C@H]1CCCNC1. The molecule has 2 aliphatic rings. The summed E-state index contributed by atoms with van der Waals surface area (Å²) in [4.78, 5) is 11.9. The Labute approximate surface area is 116 Å². The van der Waals surface area contributed by atoms with Crippen molar-refractivity contribution in [2.24, 2.45) is 5.92 Å². The third-order valence-electron chi connectivity index (χ3n) is 4.19. The largest absolute Gasteiger partial charge is 0.378 e. The molecule has 4 nitrogen and oxygen atoms in total. The van der Waals surface area contributed by atoms with E-state index in [2.05, 4.69) is 10.6 Å². The van der Waals surface area contributed by atoms with Crippen LogP contribution in [-0.4, -0.2) is 38.3 Å². The molecule has 0 spiro atoms. The van der Waals surface area contributed by atoms with Crippen LogP contribution in [0.25, 0.3) is 0 Å². The number of rotatable bonds is 6. The fourth-order valence-electron chi connectivity index (χ4n) is 2.99. The van der Waals surface area contributed by atoms with Crippen LogP contribution in [0.3, 0.4) is 0 Å². The lowest BCUT2D eigenvalue weighted by Gasteiger charge is -2.23. The quantitative estimate of drug-likeness (QED) is 0.723. The number of hydrogen-bond donors (Lipinski definition) is 2. The number of ether oxygens (including phenoxy) is 1. The third-order valence-corrected chi connectivity index (χ3v) is 4.19. The van der Waals surface area contributed by atoms with Gasteiger partial charge in [0.25, 0.3) is 0 Å². The van der Waals surface area contributed by atoms with Crippen LogP contribution in [0.2, 0.25) is 0 Å². The standard InChI is InChI=1S/C15H28N2O2/c18-15(13-6-4-9-16-12-13)17-10-5-11-19-14-7-2-1-3-8-14/h13-14,16H,1-12H2,(H,17,18)/t13-/m0/s1. The normalized spacial score (nSPS) is 25.2. The second-order valence-electron chi connectivity index (χ2n) is 5.82. The number of hydrogen-bond acceptors (Lipinski definition) is 3. The van der Waals surface area contributed by atoms with Crippen LogP contribution >= 0.6 is 0 Å². The summed E-state index contributed by atoms with van der Waals surface area (Å²) < 4.78 is 5.85. The minimum absolute atomic E-state index is 0.174. The van der Waals surface area contributed by atoms with Crippen molar-refractivity contribution in [3.05, 3.63) is 0 Å². The van der Waals surface area contributed by atoms with Crippen molar-refractivity contribution in [1.82, 2.24) is 10.6 Å². The molecule has 1 aliphatic carbocycles. The molecule has 0 bridgehead atoms. The zero-order valence-corrected chi connectivity index (χ0v) is 12.0. The first kappa shape index (κ1) is 14.8. The molecule has 110 valence electrons. The molecule has 1 aliphatic heterocycles. The molecule has 0 aromatic carbocycles. The van der Waals surface area contributed by atoms with E-state index in [9.17, 15) is 4.79 Å². The second kappa shape index (κ2) is 8.54. The second-order valence-corrected chi connectivity index (χ2v) is 5.82. The summed E-state index contributed by atoms with van der Waals surface area (Å²) in [5.74, 6) is 0.387. The summed E-state index contributed by atoms with van der Waals surface area (Å²) >= 11 is 0. The van der Waals surface area contributed by atoms with Crippen LogP contribution in [-0.2, 0) is 9.53 Å². The van der Waals surface area contributed by atoms with Gasteiger partial charge in [0.2, 0.25) is 5.91 Å². The Balaban J connectivity index is 1.47. The first-order valence-corrected chi connectivity index (χ1v) is 7.96. The van der Waals surface area contributed by atoms with E-state index in [0.717, 1.165) is 45.5 Å². The Bertz CT molecular complexity index is 259. The lowest BCUT2D eigenvalue weighted by molar-refractivity contribution is -0.125. The molecule has 0 unspecified atom stereocenters. The van der Waals surface area contributed by atoms with Gasteiger partial charge in [0, 0.05) is 19.7 Å². The minimum atomic E-state index is 0.174. The maximum absolute atomic E-state index is 11.9. The van der Waals surface area contributed by atoms with Gasteiger partial charge < -0.3 is 15.4 Å². The van der Waals surface area contributed by atoms with Gasteiger partial charge in [0.15, 0.2) is 0 Å². The van der Waals surface area contributed by atoms with Crippen LogP contribution in [0.5, 0.6) is 0 Å². The lowest BCUT2D eigenvalue weighted by Crippen LogP contribution is -2.41. The molecule has 0 aromatic rings. The predicted molar refractivity (Wildman–Crippen MR) is 76.0 cm³/mol. The van der Waals surface area contributed by atoms with Gasteiger partial charge in [0.1, 0.15) is 0 Å². The summed E-state index contributed by atoms with van der Waals surface area (Å²) in [7, 11) is 0. The highest BCUT2D eigenvalue weighted by Crippen LogP contribution is 2.20. The number of carbonyl (C=O) groups excluding carboxylic acids is 1. The average molecular weight is 268 g/mol. The molecule has 2 N–H and O–H groups in total. The van der Waals surface area contributed by atoms with Gasteiger partial charge in [-0.25, -0.2) is 0 Å². The monoisotopic (exact) mass is 268 g/mol. The van der Waals surface area contributed by atoms with E-state index < -0.39 is 0 Å². The molecule has 2 rings (SSSR count). The highest BCUT2D eigenvalue weighted by atomic mass is 16.5. The van der Waals surface area contributed by atoms with Crippen LogP contribution < -0.4 is 10.6 Å². The molecule has 1 amide bonds. The summed E-state index contributed by atoms with van der Waals surface area (Å²) in [5.41, 5.74) is 0. The summed E-state index contributed by atoms with van der Waals surface area (Å²) in [6.45, 7) is 3.43. The third kappa shape index (κ3) is 5.49. The minimum Gasteiger partial charge on any atom is -0.378 e. The molecule has 0 aromatic heterocycles. The van der Waals surface area contributed by atoms with E-state index in [4.69, 9.17) is 4.74 Å². The Morgan fingerprint density at radius 2 is 2.00 bits per heavy atom. The van der Waals surface area contributed by atoms with Gasteiger partial charge >= 0.3 is 0 Å². The van der Waals surface area contributed by atoms with E-state index in [1.807, 2.05) is 0 Å². The van der Waals surface area contributed by atoms with Gasteiger partial charge in [-0.2, -0.15) is 0 Å². The molecule has 4 heteroatoms. The van der Waals surface area contributed by atoms with Crippen molar-refractivity contribution < 1.29 is 9.53 Å². The predicted octanol–water partition coefficient (Wildman–Crippen LogP) is 1.84. The molecule has 2 fully saturated rings. The van der Waals surface area contributed by atoms with Crippen LogP contribution in [0.4, 0.5) is 0 Å². The molecular formula is C15H28N2O2. The summed E-state index contributed by atoms with van der Waals surface area (Å²) in [6.07, 6.45) is 9.99. The first-order chi connectivity index (χ1) is 9.36. The van der Waals surface area contributed by atoms with Gasteiger partial charge in [-0.3, -0.25) is 4.79 Å². The molecule has 1 heterocycles. The van der Waals surface area contributed by atoms with E-state index in [1.165, 1.54) is 32.1 Å². The van der Waals surface area contributed by atoms with Gasteiger partial charge in [-0.15, -0.1) is 0 Å². The van der Waals surface area contributed by atoms with Gasteiger partial charge in [-0.1, -0.05) is 19.3 Å². The maximum Gasteiger partial charge on any atom is 0.224 e. The highest BCUT2D eigenvalue weighted by Gasteiger charge is 2.20. The van der Waals surface area contributed by atoms with Crippen molar-refractivity contribution in [2.45, 2.75) is 57.5 Å². The first-order valence-electron chi connectivity index (χ1n) is 7.96. The molecule has 1 saturated heterocycles. The topological polar surface area (TPSA) is 50.4 Å². The lowest BCUT2D eigenvalue weighted by atomic mass is 9.98. The van der Waals surface area contributed by atoms with Crippen LogP contribution in [0, 0.1) is 5.92 Å². The summed E-state index contributed by atoms with van der Waals surface area (Å²) in [6, 6.07) is 0. The van der Waals surface area contributed by atoms with E-state index in [0.29, 0.717) is 6.10 Å². The fraction of sp³-hybridized carbons (Fsp3) is 0.933. The number of carbonyl (C=O) groups is 1. The Morgan fingerprint density at radius 3 is 2.74 bits per heavy atom. The van der Waals surface area contributed by atoms with E-state index in [1.54, 1.807) is 0 Å². The molecule has 1 atom stereocenters. The number of piperidine rings is 1. The van der Waals surface area contributed by atoms with Crippen molar-refractivity contribution >= 4 is 5.91 Å².